The Morgan fingerprint density at radius 1 is 1.21 bits per heavy atom. The van der Waals surface area contributed by atoms with E-state index in [-0.39, 0.29) is 11.6 Å². The zero-order valence-electron chi connectivity index (χ0n) is 13.1. The summed E-state index contributed by atoms with van der Waals surface area (Å²) < 4.78 is 19.8. The van der Waals surface area contributed by atoms with Crippen LogP contribution in [0.1, 0.15) is 15.9 Å². The Morgan fingerprint density at radius 2 is 2.00 bits per heavy atom. The molecule has 1 N–H and O–H groups in total. The molecule has 1 aliphatic heterocycles. The van der Waals surface area contributed by atoms with E-state index in [1.54, 1.807) is 12.1 Å². The third-order valence-corrected chi connectivity index (χ3v) is 4.37. The van der Waals surface area contributed by atoms with E-state index in [2.05, 4.69) is 26.1 Å². The summed E-state index contributed by atoms with van der Waals surface area (Å²) in [7, 11) is 0. The van der Waals surface area contributed by atoms with Crippen molar-refractivity contribution in [3.8, 4) is 0 Å². The van der Waals surface area contributed by atoms with E-state index in [1.165, 1.54) is 12.1 Å². The Morgan fingerprint density at radius 3 is 2.75 bits per heavy atom. The van der Waals surface area contributed by atoms with Gasteiger partial charge in [-0.15, -0.1) is 0 Å². The Kier molecular flexibility index (Phi) is 5.60. The lowest BCUT2D eigenvalue weighted by atomic mass is 10.1. The highest BCUT2D eigenvalue weighted by molar-refractivity contribution is 9.10. The fraction of sp³-hybridized carbons (Fsp3) is 0.278. The zero-order chi connectivity index (χ0) is 16.9. The first-order chi connectivity index (χ1) is 11.6. The third kappa shape index (κ3) is 4.41. The van der Waals surface area contributed by atoms with Gasteiger partial charge in [0.15, 0.2) is 0 Å². The first kappa shape index (κ1) is 17.1. The molecule has 0 saturated carbocycles. The van der Waals surface area contributed by atoms with Gasteiger partial charge in [-0.1, -0.05) is 28.1 Å². The minimum Gasteiger partial charge on any atom is -0.379 e. The molecule has 1 heterocycles. The highest BCUT2D eigenvalue weighted by Crippen LogP contribution is 2.20. The summed E-state index contributed by atoms with van der Waals surface area (Å²) in [6.07, 6.45) is 0. The van der Waals surface area contributed by atoms with Crippen LogP contribution in [-0.4, -0.2) is 37.1 Å². The lowest BCUT2D eigenvalue weighted by Gasteiger charge is -2.26. The van der Waals surface area contributed by atoms with E-state index < -0.39 is 5.82 Å². The highest BCUT2D eigenvalue weighted by Gasteiger charge is 2.13. The van der Waals surface area contributed by atoms with Gasteiger partial charge in [0.2, 0.25) is 0 Å². The molecule has 126 valence electrons. The molecule has 2 aromatic carbocycles. The number of amides is 1. The number of hydrogen-bond donors (Lipinski definition) is 1. The van der Waals surface area contributed by atoms with Crippen LogP contribution in [0.3, 0.4) is 0 Å². The Hall–Kier alpha value is -1.76. The fourth-order valence-electron chi connectivity index (χ4n) is 2.61. The van der Waals surface area contributed by atoms with E-state index in [1.807, 2.05) is 18.2 Å². The summed E-state index contributed by atoms with van der Waals surface area (Å²) in [5, 5.41) is 2.62. The molecule has 1 aliphatic rings. The van der Waals surface area contributed by atoms with E-state index in [4.69, 9.17) is 4.74 Å². The first-order valence-corrected chi connectivity index (χ1v) is 8.56. The van der Waals surface area contributed by atoms with Crippen LogP contribution in [0, 0.1) is 5.82 Å². The summed E-state index contributed by atoms with van der Waals surface area (Å²) in [6.45, 7) is 4.03. The number of benzene rings is 2. The molecule has 4 nitrogen and oxygen atoms in total. The summed E-state index contributed by atoms with van der Waals surface area (Å²) in [5.74, 6) is -0.790. The predicted molar refractivity (Wildman–Crippen MR) is 94.6 cm³/mol. The van der Waals surface area contributed by atoms with Crippen molar-refractivity contribution in [3.05, 3.63) is 63.9 Å². The zero-order valence-corrected chi connectivity index (χ0v) is 14.7. The molecule has 6 heteroatoms. The van der Waals surface area contributed by atoms with Crippen molar-refractivity contribution in [1.29, 1.82) is 0 Å². The molecule has 0 radical (unpaired) electrons. The molecule has 0 spiro atoms. The van der Waals surface area contributed by atoms with E-state index in [0.29, 0.717) is 10.0 Å². The van der Waals surface area contributed by atoms with Crippen LogP contribution in [0.15, 0.2) is 46.9 Å². The number of nitrogens with one attached hydrogen (secondary N) is 1. The van der Waals surface area contributed by atoms with E-state index in [0.717, 1.165) is 38.4 Å². The second-order valence-corrected chi connectivity index (χ2v) is 6.58. The van der Waals surface area contributed by atoms with Gasteiger partial charge in [-0.05, 0) is 35.9 Å². The van der Waals surface area contributed by atoms with Gasteiger partial charge in [-0.3, -0.25) is 9.69 Å². The van der Waals surface area contributed by atoms with Gasteiger partial charge >= 0.3 is 0 Å². The minimum absolute atomic E-state index is 0.168. The number of nitrogens with zero attached hydrogens (tertiary/aromatic N) is 1. The van der Waals surface area contributed by atoms with Gasteiger partial charge in [0, 0.05) is 29.7 Å². The number of carbonyl (C=O) groups excluding carboxylic acids is 1. The average molecular weight is 393 g/mol. The van der Waals surface area contributed by atoms with Gasteiger partial charge in [-0.2, -0.15) is 0 Å². The summed E-state index contributed by atoms with van der Waals surface area (Å²) >= 11 is 3.20. The lowest BCUT2D eigenvalue weighted by molar-refractivity contribution is 0.0342. The van der Waals surface area contributed by atoms with Gasteiger partial charge in [0.1, 0.15) is 5.82 Å². The number of ether oxygens (including phenoxy) is 1. The summed E-state index contributed by atoms with van der Waals surface area (Å²) in [4.78, 5) is 14.7. The Labute approximate surface area is 148 Å². The Bertz CT molecular complexity index is 733. The standard InChI is InChI=1S/C18H18BrFN2O2/c19-15-4-5-17(16(20)11-15)21-18(23)14-3-1-2-13(10-14)12-22-6-8-24-9-7-22/h1-5,10-11H,6-9,12H2,(H,21,23). The van der Waals surface area contributed by atoms with Crippen molar-refractivity contribution >= 4 is 27.5 Å². The van der Waals surface area contributed by atoms with Crippen LogP contribution in [0.2, 0.25) is 0 Å². The maximum atomic E-state index is 13.9. The van der Waals surface area contributed by atoms with Crippen molar-refractivity contribution < 1.29 is 13.9 Å². The molecular weight excluding hydrogens is 375 g/mol. The molecular formula is C18H18BrFN2O2. The minimum atomic E-state index is -0.470. The van der Waals surface area contributed by atoms with Crippen molar-refractivity contribution in [2.45, 2.75) is 6.54 Å². The number of hydrogen-bond acceptors (Lipinski definition) is 3. The van der Waals surface area contributed by atoms with Crippen LogP contribution in [-0.2, 0) is 11.3 Å². The molecule has 0 bridgehead atoms. The number of rotatable bonds is 4. The molecule has 3 rings (SSSR count). The number of halogens is 2. The maximum absolute atomic E-state index is 13.9. The van der Waals surface area contributed by atoms with Crippen molar-refractivity contribution in [2.75, 3.05) is 31.6 Å². The number of morpholine rings is 1. The first-order valence-electron chi connectivity index (χ1n) is 7.77. The monoisotopic (exact) mass is 392 g/mol. The second-order valence-electron chi connectivity index (χ2n) is 5.67. The fourth-order valence-corrected chi connectivity index (χ4v) is 2.95. The lowest BCUT2D eigenvalue weighted by Crippen LogP contribution is -2.35. The number of carbonyl (C=O) groups is 1. The largest absolute Gasteiger partial charge is 0.379 e. The Balaban J connectivity index is 1.69. The van der Waals surface area contributed by atoms with E-state index in [9.17, 15) is 9.18 Å². The molecule has 2 aromatic rings. The van der Waals surface area contributed by atoms with Gasteiger partial charge in [0.25, 0.3) is 5.91 Å². The van der Waals surface area contributed by atoms with Crippen LogP contribution in [0.25, 0.3) is 0 Å². The maximum Gasteiger partial charge on any atom is 0.255 e. The van der Waals surface area contributed by atoms with Crippen LogP contribution in [0.5, 0.6) is 0 Å². The van der Waals surface area contributed by atoms with Crippen LogP contribution in [0.4, 0.5) is 10.1 Å². The SMILES string of the molecule is O=C(Nc1ccc(Br)cc1F)c1cccc(CN2CCOCC2)c1. The average Bonchev–Trinajstić information content (AvgIpc) is 2.58. The quantitative estimate of drug-likeness (QED) is 0.862. The molecule has 1 amide bonds. The molecule has 0 aromatic heterocycles. The smallest absolute Gasteiger partial charge is 0.255 e. The topological polar surface area (TPSA) is 41.6 Å². The normalized spacial score (nSPS) is 15.2. The second kappa shape index (κ2) is 7.88. The van der Waals surface area contributed by atoms with Crippen molar-refractivity contribution in [3.63, 3.8) is 0 Å². The van der Waals surface area contributed by atoms with Gasteiger partial charge < -0.3 is 10.1 Å². The van der Waals surface area contributed by atoms with Crippen LogP contribution < -0.4 is 5.32 Å². The molecule has 0 atom stereocenters. The van der Waals surface area contributed by atoms with Crippen molar-refractivity contribution in [2.24, 2.45) is 0 Å². The summed E-state index contributed by atoms with van der Waals surface area (Å²) in [6, 6.07) is 12.0. The molecule has 1 saturated heterocycles. The highest BCUT2D eigenvalue weighted by atomic mass is 79.9. The number of anilines is 1. The predicted octanol–water partition coefficient (Wildman–Crippen LogP) is 3.67. The van der Waals surface area contributed by atoms with Gasteiger partial charge in [0.05, 0.1) is 18.9 Å². The van der Waals surface area contributed by atoms with Crippen molar-refractivity contribution in [1.82, 2.24) is 4.90 Å². The van der Waals surface area contributed by atoms with E-state index >= 15 is 0 Å². The molecule has 24 heavy (non-hydrogen) atoms. The molecule has 0 aliphatic carbocycles. The summed E-state index contributed by atoms with van der Waals surface area (Å²) in [5.41, 5.74) is 1.74. The van der Waals surface area contributed by atoms with Gasteiger partial charge in [-0.25, -0.2) is 4.39 Å². The molecule has 0 unspecified atom stereocenters. The molecule has 1 fully saturated rings. The van der Waals surface area contributed by atoms with Crippen LogP contribution >= 0.6 is 15.9 Å². The third-order valence-electron chi connectivity index (χ3n) is 3.88.